The highest BCUT2D eigenvalue weighted by molar-refractivity contribution is 5.77. The number of ether oxygens (including phenoxy) is 1. The van der Waals surface area contributed by atoms with Crippen LogP contribution < -0.4 is 4.74 Å². The lowest BCUT2D eigenvalue weighted by atomic mass is 10.3. The summed E-state index contributed by atoms with van der Waals surface area (Å²) >= 11 is 0. The van der Waals surface area contributed by atoms with Gasteiger partial charge in [-0.15, -0.1) is 0 Å². The summed E-state index contributed by atoms with van der Waals surface area (Å²) in [5, 5.41) is 9.49. The normalized spacial score (nSPS) is 12.6. The fraction of sp³-hybridized carbons (Fsp3) is 0.133. The maximum atomic E-state index is 12.8. The minimum Gasteiger partial charge on any atom is -0.457 e. The van der Waals surface area contributed by atoms with Crippen LogP contribution in [0.15, 0.2) is 42.5 Å². The molecular formula is C15H13FN2O2. The number of nitrogens with zero attached hydrogens (tertiary/aromatic N) is 1. The Kier molecular flexibility index (Phi) is 3.12. The fourth-order valence-electron chi connectivity index (χ4n) is 1.91. The van der Waals surface area contributed by atoms with Gasteiger partial charge in [-0.05, 0) is 43.3 Å². The average Bonchev–Trinajstić information content (AvgIpc) is 2.85. The molecule has 1 atom stereocenters. The molecule has 3 aromatic rings. The van der Waals surface area contributed by atoms with Gasteiger partial charge in [0, 0.05) is 6.07 Å². The first-order valence-electron chi connectivity index (χ1n) is 6.23. The van der Waals surface area contributed by atoms with Crippen LogP contribution in [-0.2, 0) is 0 Å². The van der Waals surface area contributed by atoms with Crippen molar-refractivity contribution in [2.24, 2.45) is 0 Å². The minimum atomic E-state index is -0.649. The number of aliphatic hydroxyl groups is 1. The Balaban J connectivity index is 1.90. The van der Waals surface area contributed by atoms with Gasteiger partial charge in [-0.2, -0.15) is 0 Å². The summed E-state index contributed by atoms with van der Waals surface area (Å²) < 4.78 is 18.4. The van der Waals surface area contributed by atoms with Gasteiger partial charge in [0.15, 0.2) is 0 Å². The van der Waals surface area contributed by atoms with Gasteiger partial charge in [0.1, 0.15) is 29.2 Å². The number of nitrogens with one attached hydrogen (secondary N) is 1. The van der Waals surface area contributed by atoms with Gasteiger partial charge in [0.25, 0.3) is 0 Å². The zero-order valence-corrected chi connectivity index (χ0v) is 10.8. The van der Waals surface area contributed by atoms with Crippen LogP contribution in [0.2, 0.25) is 0 Å². The topological polar surface area (TPSA) is 58.1 Å². The van der Waals surface area contributed by atoms with Crippen LogP contribution in [0, 0.1) is 5.82 Å². The zero-order chi connectivity index (χ0) is 14.1. The van der Waals surface area contributed by atoms with Crippen LogP contribution in [0.5, 0.6) is 11.5 Å². The summed E-state index contributed by atoms with van der Waals surface area (Å²) in [6.07, 6.45) is -0.649. The van der Waals surface area contributed by atoms with Gasteiger partial charge in [-0.25, -0.2) is 9.37 Å². The van der Waals surface area contributed by atoms with Crippen LogP contribution in [0.3, 0.4) is 0 Å². The summed E-state index contributed by atoms with van der Waals surface area (Å²) in [7, 11) is 0. The van der Waals surface area contributed by atoms with E-state index in [1.54, 1.807) is 31.2 Å². The van der Waals surface area contributed by atoms with Crippen LogP contribution in [0.25, 0.3) is 11.0 Å². The van der Waals surface area contributed by atoms with Crippen molar-refractivity contribution in [3.63, 3.8) is 0 Å². The standard InChI is InChI=1S/C15H13FN2O2/c1-9(19)15-17-13-7-6-12(8-14(13)18-15)20-11-4-2-10(16)3-5-11/h2-9,19H,1H3,(H,17,18). The van der Waals surface area contributed by atoms with Gasteiger partial charge >= 0.3 is 0 Å². The average molecular weight is 272 g/mol. The van der Waals surface area contributed by atoms with Gasteiger partial charge in [-0.3, -0.25) is 0 Å². The maximum Gasteiger partial charge on any atom is 0.135 e. The molecule has 2 aromatic carbocycles. The maximum absolute atomic E-state index is 12.8. The number of halogens is 1. The first-order valence-corrected chi connectivity index (χ1v) is 6.23. The third-order valence-corrected chi connectivity index (χ3v) is 2.92. The number of hydrogen-bond donors (Lipinski definition) is 2. The van der Waals surface area contributed by atoms with Crippen LogP contribution >= 0.6 is 0 Å². The van der Waals surface area contributed by atoms with E-state index in [-0.39, 0.29) is 5.82 Å². The van der Waals surface area contributed by atoms with Crippen molar-refractivity contribution in [1.82, 2.24) is 9.97 Å². The second kappa shape index (κ2) is 4.94. The molecule has 1 heterocycles. The summed E-state index contributed by atoms with van der Waals surface area (Å²) in [4.78, 5) is 7.31. The highest BCUT2D eigenvalue weighted by Crippen LogP contribution is 2.25. The predicted octanol–water partition coefficient (Wildman–Crippen LogP) is 3.55. The molecule has 5 heteroatoms. The zero-order valence-electron chi connectivity index (χ0n) is 10.8. The van der Waals surface area contributed by atoms with Gasteiger partial charge < -0.3 is 14.8 Å². The number of imidazole rings is 1. The van der Waals surface area contributed by atoms with E-state index >= 15 is 0 Å². The van der Waals surface area contributed by atoms with Gasteiger partial charge in [-0.1, -0.05) is 0 Å². The third-order valence-electron chi connectivity index (χ3n) is 2.92. The molecule has 0 aliphatic carbocycles. The smallest absolute Gasteiger partial charge is 0.135 e. The number of rotatable bonds is 3. The molecule has 1 unspecified atom stereocenters. The highest BCUT2D eigenvalue weighted by atomic mass is 19.1. The van der Waals surface area contributed by atoms with Crippen LogP contribution in [0.4, 0.5) is 4.39 Å². The highest BCUT2D eigenvalue weighted by Gasteiger charge is 2.08. The van der Waals surface area contributed by atoms with E-state index < -0.39 is 6.10 Å². The quantitative estimate of drug-likeness (QED) is 0.766. The number of aliphatic hydroxyl groups excluding tert-OH is 1. The van der Waals surface area contributed by atoms with Gasteiger partial charge in [0.2, 0.25) is 0 Å². The van der Waals surface area contributed by atoms with E-state index in [4.69, 9.17) is 4.74 Å². The summed E-state index contributed by atoms with van der Waals surface area (Å²) in [5.41, 5.74) is 1.54. The Morgan fingerprint density at radius 3 is 2.55 bits per heavy atom. The lowest BCUT2D eigenvalue weighted by Gasteiger charge is -2.04. The molecular weight excluding hydrogens is 259 g/mol. The van der Waals surface area contributed by atoms with E-state index in [9.17, 15) is 9.50 Å². The molecule has 1 aromatic heterocycles. The predicted molar refractivity (Wildman–Crippen MR) is 73.2 cm³/mol. The minimum absolute atomic E-state index is 0.304. The molecule has 0 saturated heterocycles. The second-order valence-electron chi connectivity index (χ2n) is 4.53. The summed E-state index contributed by atoms with van der Waals surface area (Å²) in [6.45, 7) is 1.65. The number of hydrogen-bond acceptors (Lipinski definition) is 3. The molecule has 20 heavy (non-hydrogen) atoms. The second-order valence-corrected chi connectivity index (χ2v) is 4.53. The summed E-state index contributed by atoms with van der Waals surface area (Å²) in [5.74, 6) is 1.37. The van der Waals surface area contributed by atoms with Crippen molar-refractivity contribution in [2.75, 3.05) is 0 Å². The van der Waals surface area contributed by atoms with E-state index in [1.807, 2.05) is 6.07 Å². The molecule has 3 rings (SSSR count). The largest absolute Gasteiger partial charge is 0.457 e. The first kappa shape index (κ1) is 12.6. The number of benzene rings is 2. The lowest BCUT2D eigenvalue weighted by molar-refractivity contribution is 0.190. The number of fused-ring (bicyclic) bond motifs is 1. The van der Waals surface area contributed by atoms with E-state index in [2.05, 4.69) is 9.97 Å². The number of aromatic amines is 1. The van der Waals surface area contributed by atoms with Crippen molar-refractivity contribution >= 4 is 11.0 Å². The fourth-order valence-corrected chi connectivity index (χ4v) is 1.91. The van der Waals surface area contributed by atoms with E-state index in [0.717, 1.165) is 5.52 Å². The number of aromatic nitrogens is 2. The van der Waals surface area contributed by atoms with Crippen LogP contribution in [-0.4, -0.2) is 15.1 Å². The first-order chi connectivity index (χ1) is 9.61. The molecule has 2 N–H and O–H groups in total. The monoisotopic (exact) mass is 272 g/mol. The molecule has 0 radical (unpaired) electrons. The third kappa shape index (κ3) is 2.48. The van der Waals surface area contributed by atoms with E-state index in [0.29, 0.717) is 22.8 Å². The number of H-pyrrole nitrogens is 1. The molecule has 102 valence electrons. The molecule has 0 fully saturated rings. The Morgan fingerprint density at radius 1 is 1.15 bits per heavy atom. The Labute approximate surface area is 114 Å². The van der Waals surface area contributed by atoms with Gasteiger partial charge in [0.05, 0.1) is 11.0 Å². The summed E-state index contributed by atoms with van der Waals surface area (Å²) in [6, 6.07) is 11.2. The Hall–Kier alpha value is -2.40. The van der Waals surface area contributed by atoms with E-state index in [1.165, 1.54) is 12.1 Å². The van der Waals surface area contributed by atoms with Crippen LogP contribution in [0.1, 0.15) is 18.9 Å². The Bertz CT molecular complexity index is 735. The molecule has 0 aliphatic heterocycles. The Morgan fingerprint density at radius 2 is 1.85 bits per heavy atom. The van der Waals surface area contributed by atoms with Crippen molar-refractivity contribution in [3.8, 4) is 11.5 Å². The van der Waals surface area contributed by atoms with Crippen molar-refractivity contribution < 1.29 is 14.2 Å². The molecule has 0 bridgehead atoms. The molecule has 0 amide bonds. The lowest BCUT2D eigenvalue weighted by Crippen LogP contribution is -1.92. The molecule has 0 aliphatic rings. The molecule has 0 saturated carbocycles. The van der Waals surface area contributed by atoms with Crippen molar-refractivity contribution in [2.45, 2.75) is 13.0 Å². The SMILES string of the molecule is CC(O)c1nc2cc(Oc3ccc(F)cc3)ccc2[nH]1. The molecule has 4 nitrogen and oxygen atoms in total. The molecule has 0 spiro atoms. The van der Waals surface area contributed by atoms with Crippen molar-refractivity contribution in [3.05, 3.63) is 54.1 Å². The van der Waals surface area contributed by atoms with Crippen molar-refractivity contribution in [1.29, 1.82) is 0 Å².